The lowest BCUT2D eigenvalue weighted by molar-refractivity contribution is 0.122. The average molecular weight is 381 g/mol. The van der Waals surface area contributed by atoms with Crippen molar-refractivity contribution in [2.75, 3.05) is 36.5 Å². The van der Waals surface area contributed by atoms with Crippen molar-refractivity contribution < 1.29 is 4.74 Å². The molecular weight excluding hydrogens is 360 g/mol. The van der Waals surface area contributed by atoms with E-state index in [4.69, 9.17) is 26.3 Å². The zero-order valence-corrected chi connectivity index (χ0v) is 15.9. The van der Waals surface area contributed by atoms with Crippen LogP contribution in [0.3, 0.4) is 0 Å². The lowest BCUT2D eigenvalue weighted by atomic mass is 10.1. The predicted octanol–water partition coefficient (Wildman–Crippen LogP) is 4.69. The lowest BCUT2D eigenvalue weighted by Gasteiger charge is -2.28. The Morgan fingerprint density at radius 2 is 1.78 bits per heavy atom. The topological polar surface area (TPSA) is 50.3 Å². The molecule has 1 aliphatic heterocycles. The van der Waals surface area contributed by atoms with Crippen LogP contribution in [-0.4, -0.2) is 36.3 Å². The molecule has 138 valence electrons. The molecule has 3 aromatic rings. The molecule has 0 bridgehead atoms. The van der Waals surface area contributed by atoms with E-state index in [1.165, 1.54) is 0 Å². The van der Waals surface area contributed by atoms with Gasteiger partial charge in [0.2, 0.25) is 5.95 Å². The number of anilines is 3. The van der Waals surface area contributed by atoms with Crippen molar-refractivity contribution >= 4 is 29.1 Å². The summed E-state index contributed by atoms with van der Waals surface area (Å²) >= 11 is 6.16. The van der Waals surface area contributed by atoms with Crippen LogP contribution in [0, 0.1) is 6.92 Å². The molecule has 1 aliphatic rings. The third-order valence-corrected chi connectivity index (χ3v) is 4.80. The second kappa shape index (κ2) is 7.94. The van der Waals surface area contributed by atoms with Gasteiger partial charge >= 0.3 is 0 Å². The minimum atomic E-state index is 0.559. The Balaban J connectivity index is 1.74. The molecule has 1 saturated heterocycles. The molecule has 6 heteroatoms. The summed E-state index contributed by atoms with van der Waals surface area (Å²) in [6.07, 6.45) is 0. The van der Waals surface area contributed by atoms with E-state index < -0.39 is 0 Å². The highest BCUT2D eigenvalue weighted by atomic mass is 35.5. The van der Waals surface area contributed by atoms with E-state index in [9.17, 15) is 0 Å². The predicted molar refractivity (Wildman–Crippen MR) is 110 cm³/mol. The second-order valence-electron chi connectivity index (χ2n) is 6.48. The van der Waals surface area contributed by atoms with Crippen molar-refractivity contribution in [1.82, 2.24) is 9.97 Å². The highest BCUT2D eigenvalue weighted by Crippen LogP contribution is 2.27. The molecule has 1 N–H and O–H groups in total. The summed E-state index contributed by atoms with van der Waals surface area (Å²) in [6, 6.07) is 17.9. The van der Waals surface area contributed by atoms with Gasteiger partial charge in [0.25, 0.3) is 0 Å². The minimum Gasteiger partial charge on any atom is -0.378 e. The number of ether oxygens (including phenoxy) is 1. The van der Waals surface area contributed by atoms with Gasteiger partial charge in [-0.2, -0.15) is 4.98 Å². The van der Waals surface area contributed by atoms with Crippen LogP contribution in [0.1, 0.15) is 5.56 Å². The molecule has 0 saturated carbocycles. The van der Waals surface area contributed by atoms with Crippen molar-refractivity contribution in [2.24, 2.45) is 0 Å². The standard InChI is InChI=1S/C21H21ClN4O/c1-15-7-8-17(22)13-18(15)23-21-24-19(16-5-3-2-4-6-16)14-20(25-21)26-9-11-27-12-10-26/h2-8,13-14H,9-12H2,1H3,(H,23,24,25). The first-order valence-electron chi connectivity index (χ1n) is 8.99. The smallest absolute Gasteiger partial charge is 0.229 e. The fourth-order valence-electron chi connectivity index (χ4n) is 3.05. The molecule has 0 spiro atoms. The summed E-state index contributed by atoms with van der Waals surface area (Å²) < 4.78 is 5.48. The maximum Gasteiger partial charge on any atom is 0.229 e. The summed E-state index contributed by atoms with van der Waals surface area (Å²) in [5, 5.41) is 4.01. The first kappa shape index (κ1) is 17.8. The fraction of sp³-hybridized carbons (Fsp3) is 0.238. The van der Waals surface area contributed by atoms with Gasteiger partial charge in [-0.1, -0.05) is 48.0 Å². The van der Waals surface area contributed by atoms with E-state index in [2.05, 4.69) is 22.3 Å². The van der Waals surface area contributed by atoms with E-state index in [0.717, 1.165) is 41.4 Å². The first-order chi connectivity index (χ1) is 13.2. The summed E-state index contributed by atoms with van der Waals surface area (Å²) in [4.78, 5) is 11.7. The zero-order valence-electron chi connectivity index (χ0n) is 15.2. The number of rotatable bonds is 4. The van der Waals surface area contributed by atoms with Gasteiger partial charge in [0, 0.05) is 35.4 Å². The first-order valence-corrected chi connectivity index (χ1v) is 9.37. The van der Waals surface area contributed by atoms with Crippen molar-refractivity contribution in [3.05, 3.63) is 65.2 Å². The minimum absolute atomic E-state index is 0.559. The van der Waals surface area contributed by atoms with Crippen LogP contribution in [-0.2, 0) is 4.74 Å². The quantitative estimate of drug-likeness (QED) is 0.711. The normalized spacial score (nSPS) is 14.2. The fourth-order valence-corrected chi connectivity index (χ4v) is 3.22. The van der Waals surface area contributed by atoms with Crippen LogP contribution < -0.4 is 10.2 Å². The van der Waals surface area contributed by atoms with E-state index in [0.29, 0.717) is 24.2 Å². The molecule has 1 fully saturated rings. The van der Waals surface area contributed by atoms with Crippen molar-refractivity contribution in [3.63, 3.8) is 0 Å². The molecule has 0 atom stereocenters. The Morgan fingerprint density at radius 1 is 1.00 bits per heavy atom. The number of nitrogens with one attached hydrogen (secondary N) is 1. The van der Waals surface area contributed by atoms with E-state index >= 15 is 0 Å². The van der Waals surface area contributed by atoms with Gasteiger partial charge < -0.3 is 15.0 Å². The van der Waals surface area contributed by atoms with Gasteiger partial charge in [-0.3, -0.25) is 0 Å². The van der Waals surface area contributed by atoms with Crippen LogP contribution in [0.25, 0.3) is 11.3 Å². The molecular formula is C21H21ClN4O. The molecule has 4 rings (SSSR count). The maximum atomic E-state index is 6.16. The molecule has 2 heterocycles. The SMILES string of the molecule is Cc1ccc(Cl)cc1Nc1nc(-c2ccccc2)cc(N2CCOCC2)n1. The van der Waals surface area contributed by atoms with Gasteiger partial charge in [-0.25, -0.2) is 4.98 Å². The molecule has 2 aromatic carbocycles. The van der Waals surface area contributed by atoms with Crippen molar-refractivity contribution in [2.45, 2.75) is 6.92 Å². The van der Waals surface area contributed by atoms with Crippen molar-refractivity contribution in [3.8, 4) is 11.3 Å². The largest absolute Gasteiger partial charge is 0.378 e. The number of benzene rings is 2. The highest BCUT2D eigenvalue weighted by molar-refractivity contribution is 6.30. The van der Waals surface area contributed by atoms with Gasteiger partial charge in [0.1, 0.15) is 5.82 Å². The molecule has 0 amide bonds. The third kappa shape index (κ3) is 4.21. The van der Waals surface area contributed by atoms with Gasteiger partial charge in [-0.05, 0) is 24.6 Å². The van der Waals surface area contributed by atoms with Crippen LogP contribution in [0.5, 0.6) is 0 Å². The zero-order chi connectivity index (χ0) is 18.6. The number of morpholine rings is 1. The van der Waals surface area contributed by atoms with Crippen LogP contribution in [0.4, 0.5) is 17.5 Å². The second-order valence-corrected chi connectivity index (χ2v) is 6.92. The molecule has 27 heavy (non-hydrogen) atoms. The number of hydrogen-bond acceptors (Lipinski definition) is 5. The number of nitrogens with zero attached hydrogens (tertiary/aromatic N) is 3. The Labute approximate surface area is 164 Å². The Kier molecular flexibility index (Phi) is 5.23. The highest BCUT2D eigenvalue weighted by Gasteiger charge is 2.16. The molecule has 0 aliphatic carbocycles. The summed E-state index contributed by atoms with van der Waals surface area (Å²) in [5.41, 5.74) is 3.93. The van der Waals surface area contributed by atoms with Gasteiger partial charge in [-0.15, -0.1) is 0 Å². The van der Waals surface area contributed by atoms with Crippen LogP contribution in [0.2, 0.25) is 5.02 Å². The van der Waals surface area contributed by atoms with Gasteiger partial charge in [0.05, 0.1) is 18.9 Å². The Morgan fingerprint density at radius 3 is 2.56 bits per heavy atom. The monoisotopic (exact) mass is 380 g/mol. The summed E-state index contributed by atoms with van der Waals surface area (Å²) in [7, 11) is 0. The van der Waals surface area contributed by atoms with E-state index in [1.807, 2.05) is 49.4 Å². The average Bonchev–Trinajstić information content (AvgIpc) is 2.72. The van der Waals surface area contributed by atoms with Gasteiger partial charge in [0.15, 0.2) is 0 Å². The van der Waals surface area contributed by atoms with Crippen LogP contribution in [0.15, 0.2) is 54.6 Å². The number of aromatic nitrogens is 2. The molecule has 0 unspecified atom stereocenters. The lowest BCUT2D eigenvalue weighted by Crippen LogP contribution is -2.36. The third-order valence-electron chi connectivity index (χ3n) is 4.56. The van der Waals surface area contributed by atoms with Crippen LogP contribution >= 0.6 is 11.6 Å². The molecule has 0 radical (unpaired) electrons. The Hall–Kier alpha value is -2.63. The van der Waals surface area contributed by atoms with E-state index in [-0.39, 0.29) is 0 Å². The maximum absolute atomic E-state index is 6.16. The summed E-state index contributed by atoms with van der Waals surface area (Å²) in [6.45, 7) is 5.09. The number of hydrogen-bond donors (Lipinski definition) is 1. The van der Waals surface area contributed by atoms with E-state index in [1.54, 1.807) is 0 Å². The molecule has 1 aromatic heterocycles. The summed E-state index contributed by atoms with van der Waals surface area (Å²) in [5.74, 6) is 1.46. The number of halogens is 1. The Bertz CT molecular complexity index is 927. The van der Waals surface area contributed by atoms with Crippen molar-refractivity contribution in [1.29, 1.82) is 0 Å². The number of aryl methyl sites for hydroxylation is 1. The molecule has 5 nitrogen and oxygen atoms in total.